The van der Waals surface area contributed by atoms with Crippen molar-refractivity contribution in [2.24, 2.45) is 11.7 Å². The molecule has 1 aromatic carbocycles. The van der Waals surface area contributed by atoms with Crippen LogP contribution in [0.2, 0.25) is 0 Å². The zero-order chi connectivity index (χ0) is 16.9. The third-order valence-electron chi connectivity index (χ3n) is 2.94. The van der Waals surface area contributed by atoms with Crippen molar-refractivity contribution < 1.29 is 19.1 Å². The van der Waals surface area contributed by atoms with Gasteiger partial charge in [-0.1, -0.05) is 19.9 Å². The molecule has 1 rings (SSSR count). The van der Waals surface area contributed by atoms with E-state index in [4.69, 9.17) is 10.5 Å². The summed E-state index contributed by atoms with van der Waals surface area (Å²) < 4.78 is 5.22. The fourth-order valence-corrected chi connectivity index (χ4v) is 1.78. The van der Waals surface area contributed by atoms with Crippen LogP contribution >= 0.6 is 0 Å². The van der Waals surface area contributed by atoms with Gasteiger partial charge in [-0.3, -0.25) is 10.1 Å². The Labute approximate surface area is 129 Å². The average molecular weight is 307 g/mol. The molecule has 0 saturated heterocycles. The Bertz CT molecular complexity index is 570. The second-order valence-electron chi connectivity index (χ2n) is 5.37. The monoisotopic (exact) mass is 307 g/mol. The maximum Gasteiger partial charge on any atom is 0.338 e. The first-order valence-corrected chi connectivity index (χ1v) is 6.81. The number of carbonyl (C=O) groups excluding carboxylic acids is 3. The van der Waals surface area contributed by atoms with Gasteiger partial charge in [0.2, 0.25) is 0 Å². The minimum Gasteiger partial charge on any atom is -0.448 e. The van der Waals surface area contributed by atoms with E-state index < -0.39 is 24.0 Å². The Hall–Kier alpha value is -2.57. The van der Waals surface area contributed by atoms with Gasteiger partial charge in [-0.05, 0) is 24.1 Å². The fourth-order valence-electron chi connectivity index (χ4n) is 1.78. The fraction of sp³-hybridized carbons (Fsp3) is 0.400. The first-order chi connectivity index (χ1) is 10.2. The number of anilines is 1. The predicted molar refractivity (Wildman–Crippen MR) is 82.5 cm³/mol. The number of amides is 3. The summed E-state index contributed by atoms with van der Waals surface area (Å²) in [6, 6.07) is 5.84. The summed E-state index contributed by atoms with van der Waals surface area (Å²) in [5, 5.41) is 1.93. The number of esters is 1. The van der Waals surface area contributed by atoms with E-state index in [1.807, 2.05) is 30.4 Å². The summed E-state index contributed by atoms with van der Waals surface area (Å²) in [5.41, 5.74) is 6.06. The molecule has 0 bridgehead atoms. The molecule has 0 saturated carbocycles. The molecule has 0 heterocycles. The van der Waals surface area contributed by atoms with E-state index in [2.05, 4.69) is 0 Å². The third-order valence-corrected chi connectivity index (χ3v) is 2.94. The lowest BCUT2D eigenvalue weighted by molar-refractivity contribution is -0.130. The van der Waals surface area contributed by atoms with E-state index >= 15 is 0 Å². The van der Waals surface area contributed by atoms with Gasteiger partial charge in [0.1, 0.15) is 0 Å². The number of benzene rings is 1. The molecule has 0 aliphatic carbocycles. The molecule has 7 nitrogen and oxygen atoms in total. The Morgan fingerprint density at radius 3 is 2.36 bits per heavy atom. The normalized spacial score (nSPS) is 11.7. The van der Waals surface area contributed by atoms with Crippen LogP contribution in [-0.4, -0.2) is 38.1 Å². The molecule has 0 aliphatic rings. The number of carbonyl (C=O) groups is 3. The van der Waals surface area contributed by atoms with E-state index in [1.165, 1.54) is 0 Å². The van der Waals surface area contributed by atoms with Gasteiger partial charge in [0.15, 0.2) is 6.10 Å². The lowest BCUT2D eigenvalue weighted by Crippen LogP contribution is -2.45. The largest absolute Gasteiger partial charge is 0.448 e. The van der Waals surface area contributed by atoms with Crippen LogP contribution in [0, 0.1) is 5.92 Å². The van der Waals surface area contributed by atoms with Crippen LogP contribution < -0.4 is 16.0 Å². The topological polar surface area (TPSA) is 102 Å². The number of hydrogen-bond acceptors (Lipinski definition) is 5. The van der Waals surface area contributed by atoms with Gasteiger partial charge >= 0.3 is 12.0 Å². The summed E-state index contributed by atoms with van der Waals surface area (Å²) >= 11 is 0. The highest BCUT2D eigenvalue weighted by atomic mass is 16.5. The molecule has 22 heavy (non-hydrogen) atoms. The summed E-state index contributed by atoms with van der Waals surface area (Å²) in [7, 11) is 3.70. The van der Waals surface area contributed by atoms with Crippen molar-refractivity contribution in [1.82, 2.24) is 5.32 Å². The Kier molecular flexibility index (Phi) is 5.91. The molecule has 1 aromatic rings. The number of imide groups is 1. The van der Waals surface area contributed by atoms with Gasteiger partial charge in [-0.15, -0.1) is 0 Å². The second kappa shape index (κ2) is 7.44. The van der Waals surface area contributed by atoms with Crippen molar-refractivity contribution in [3.05, 3.63) is 29.8 Å². The quantitative estimate of drug-likeness (QED) is 0.794. The number of nitrogens with zero attached hydrogens (tertiary/aromatic N) is 1. The average Bonchev–Trinajstić information content (AvgIpc) is 2.43. The summed E-state index contributed by atoms with van der Waals surface area (Å²) in [6.45, 7) is 3.41. The van der Waals surface area contributed by atoms with Crippen LogP contribution in [0.15, 0.2) is 24.3 Å². The van der Waals surface area contributed by atoms with Gasteiger partial charge in [0.05, 0.1) is 5.56 Å². The molecular weight excluding hydrogens is 286 g/mol. The molecule has 0 radical (unpaired) electrons. The summed E-state index contributed by atoms with van der Waals surface area (Å²) in [4.78, 5) is 36.6. The minimum atomic E-state index is -1.09. The lowest BCUT2D eigenvalue weighted by Gasteiger charge is -2.20. The first kappa shape index (κ1) is 17.5. The van der Waals surface area contributed by atoms with Gasteiger partial charge < -0.3 is 15.4 Å². The zero-order valence-electron chi connectivity index (χ0n) is 13.1. The van der Waals surface area contributed by atoms with E-state index in [0.717, 1.165) is 5.69 Å². The molecule has 120 valence electrons. The number of urea groups is 1. The third kappa shape index (κ3) is 4.76. The Morgan fingerprint density at radius 2 is 1.86 bits per heavy atom. The number of ether oxygens (including phenoxy) is 1. The second-order valence-corrected chi connectivity index (χ2v) is 5.37. The molecule has 0 unspecified atom stereocenters. The van der Waals surface area contributed by atoms with Gasteiger partial charge in [0, 0.05) is 19.8 Å². The maximum absolute atomic E-state index is 12.2. The number of nitrogens with two attached hydrogens (primary N) is 1. The van der Waals surface area contributed by atoms with Crippen molar-refractivity contribution >= 4 is 23.6 Å². The molecule has 3 N–H and O–H groups in total. The van der Waals surface area contributed by atoms with Crippen molar-refractivity contribution in [2.75, 3.05) is 19.0 Å². The first-order valence-electron chi connectivity index (χ1n) is 6.81. The summed E-state index contributed by atoms with van der Waals surface area (Å²) in [6.07, 6.45) is -1.09. The predicted octanol–water partition coefficient (Wildman–Crippen LogP) is 1.13. The van der Waals surface area contributed by atoms with Gasteiger partial charge in [0.25, 0.3) is 5.91 Å². The highest BCUT2D eigenvalue weighted by Crippen LogP contribution is 2.16. The molecule has 3 amide bonds. The highest BCUT2D eigenvalue weighted by Gasteiger charge is 2.28. The minimum absolute atomic E-state index is 0.305. The van der Waals surface area contributed by atoms with Crippen LogP contribution in [0.25, 0.3) is 0 Å². The van der Waals surface area contributed by atoms with Crippen molar-refractivity contribution in [1.29, 1.82) is 0 Å². The molecule has 7 heteroatoms. The van der Waals surface area contributed by atoms with Crippen LogP contribution in [0.5, 0.6) is 0 Å². The number of nitrogens with one attached hydrogen (secondary N) is 1. The Balaban J connectivity index is 2.90. The van der Waals surface area contributed by atoms with E-state index in [-0.39, 0.29) is 5.92 Å². The maximum atomic E-state index is 12.2. The number of rotatable bonds is 5. The van der Waals surface area contributed by atoms with Crippen molar-refractivity contribution in [2.45, 2.75) is 20.0 Å². The van der Waals surface area contributed by atoms with Crippen molar-refractivity contribution in [3.8, 4) is 0 Å². The van der Waals surface area contributed by atoms with E-state index in [1.54, 1.807) is 32.0 Å². The molecular formula is C15H21N3O4. The summed E-state index contributed by atoms with van der Waals surface area (Å²) in [5.74, 6) is -1.68. The van der Waals surface area contributed by atoms with E-state index in [0.29, 0.717) is 5.56 Å². The molecule has 1 atom stereocenters. The Morgan fingerprint density at radius 1 is 1.23 bits per heavy atom. The molecule has 0 fully saturated rings. The number of hydrogen-bond donors (Lipinski definition) is 2. The molecule has 0 spiro atoms. The van der Waals surface area contributed by atoms with Crippen LogP contribution in [0.3, 0.4) is 0 Å². The standard InChI is InChI=1S/C15H21N3O4/c1-9(2)12(13(19)17-15(16)21)22-14(20)10-6-5-7-11(8-10)18(3)4/h5-9,12H,1-4H3,(H3,16,17,19,21)/t12-/m0/s1. The van der Waals surface area contributed by atoms with E-state index in [9.17, 15) is 14.4 Å². The van der Waals surface area contributed by atoms with Gasteiger partial charge in [-0.2, -0.15) is 0 Å². The zero-order valence-corrected chi connectivity index (χ0v) is 13.1. The van der Waals surface area contributed by atoms with Crippen LogP contribution in [0.4, 0.5) is 10.5 Å². The van der Waals surface area contributed by atoms with Gasteiger partial charge in [-0.25, -0.2) is 9.59 Å². The highest BCUT2D eigenvalue weighted by molar-refractivity contribution is 5.98. The smallest absolute Gasteiger partial charge is 0.338 e. The van der Waals surface area contributed by atoms with Crippen LogP contribution in [-0.2, 0) is 9.53 Å². The van der Waals surface area contributed by atoms with Crippen LogP contribution in [0.1, 0.15) is 24.2 Å². The lowest BCUT2D eigenvalue weighted by atomic mass is 10.1. The molecule has 0 aliphatic heterocycles. The number of primary amides is 1. The van der Waals surface area contributed by atoms with Crippen molar-refractivity contribution in [3.63, 3.8) is 0 Å². The molecule has 0 aromatic heterocycles. The SMILES string of the molecule is CC(C)[C@H](OC(=O)c1cccc(N(C)C)c1)C(=O)NC(N)=O.